The summed E-state index contributed by atoms with van der Waals surface area (Å²) in [5.41, 5.74) is 0.689. The van der Waals surface area contributed by atoms with Crippen LogP contribution in [0, 0.1) is 0 Å². The van der Waals surface area contributed by atoms with Gasteiger partial charge in [-0.2, -0.15) is 0 Å². The zero-order valence-corrected chi connectivity index (χ0v) is 11.1. The Hall–Kier alpha value is -1.84. The lowest BCUT2D eigenvalue weighted by atomic mass is 10.1. The molecule has 0 aliphatic carbocycles. The summed E-state index contributed by atoms with van der Waals surface area (Å²) in [4.78, 5) is 24.3. The third-order valence-corrected chi connectivity index (χ3v) is 2.58. The highest BCUT2D eigenvalue weighted by Crippen LogP contribution is 2.13. The maximum Gasteiger partial charge on any atom is 0.225 e. The summed E-state index contributed by atoms with van der Waals surface area (Å²) in [6.07, 6.45) is 0.847. The van der Waals surface area contributed by atoms with E-state index in [4.69, 9.17) is 4.74 Å². The molecule has 1 amide bonds. The molecule has 0 aromatic heterocycles. The molecule has 0 saturated heterocycles. The highest BCUT2D eigenvalue weighted by molar-refractivity contribution is 5.95. The lowest BCUT2D eigenvalue weighted by Gasteiger charge is -2.11. The summed E-state index contributed by atoms with van der Waals surface area (Å²) in [5.74, 6) is 0.825. The topological polar surface area (TPSA) is 46.6 Å². The predicted octanol–water partition coefficient (Wildman–Crippen LogP) is 2.14. The minimum atomic E-state index is 0.0350. The van der Waals surface area contributed by atoms with E-state index in [1.54, 1.807) is 38.4 Å². The molecule has 0 aliphatic heterocycles. The van der Waals surface area contributed by atoms with Gasteiger partial charge in [0.05, 0.1) is 13.0 Å². The Bertz CT molecular complexity index is 410. The van der Waals surface area contributed by atoms with Gasteiger partial charge in [0, 0.05) is 26.1 Å². The van der Waals surface area contributed by atoms with Gasteiger partial charge >= 0.3 is 0 Å². The molecule has 1 rings (SSSR count). The number of hydrogen-bond acceptors (Lipinski definition) is 3. The molecule has 0 N–H and O–H groups in total. The van der Waals surface area contributed by atoms with E-state index in [9.17, 15) is 9.59 Å². The molecule has 18 heavy (non-hydrogen) atoms. The minimum absolute atomic E-state index is 0.0350. The van der Waals surface area contributed by atoms with E-state index in [0.717, 1.165) is 0 Å². The number of Topliss-reactive ketones (excluding diaryl/α,β-unsaturated/α-hetero) is 1. The minimum Gasteiger partial charge on any atom is -0.493 e. The van der Waals surface area contributed by atoms with Crippen molar-refractivity contribution in [1.29, 1.82) is 0 Å². The monoisotopic (exact) mass is 249 g/mol. The first kappa shape index (κ1) is 14.2. The Morgan fingerprint density at radius 1 is 1.17 bits per heavy atom. The third kappa shape index (κ3) is 4.20. The zero-order valence-electron chi connectivity index (χ0n) is 11.1. The molecule has 0 aliphatic rings. The molecule has 0 unspecified atom stereocenters. The first-order valence-corrected chi connectivity index (χ1v) is 6.00. The van der Waals surface area contributed by atoms with Crippen molar-refractivity contribution in [2.75, 3.05) is 20.7 Å². The molecule has 0 saturated carbocycles. The van der Waals surface area contributed by atoms with Crippen LogP contribution in [0.1, 0.15) is 30.1 Å². The van der Waals surface area contributed by atoms with E-state index in [0.29, 0.717) is 30.8 Å². The van der Waals surface area contributed by atoms with Crippen LogP contribution in [0.4, 0.5) is 0 Å². The first-order valence-electron chi connectivity index (χ1n) is 6.00. The molecule has 1 aromatic carbocycles. The number of hydrogen-bond donors (Lipinski definition) is 0. The molecule has 0 atom stereocenters. The lowest BCUT2D eigenvalue weighted by molar-refractivity contribution is -0.129. The van der Waals surface area contributed by atoms with Crippen LogP contribution in [0.3, 0.4) is 0 Å². The van der Waals surface area contributed by atoms with Gasteiger partial charge in [-0.1, -0.05) is 6.92 Å². The largest absolute Gasteiger partial charge is 0.493 e. The number of ketones is 1. The molecular formula is C14H19NO3. The van der Waals surface area contributed by atoms with Crippen molar-refractivity contribution in [2.24, 2.45) is 0 Å². The van der Waals surface area contributed by atoms with Gasteiger partial charge in [0.2, 0.25) is 5.91 Å². The van der Waals surface area contributed by atoms with Gasteiger partial charge in [0.15, 0.2) is 5.78 Å². The second-order valence-corrected chi connectivity index (χ2v) is 4.19. The van der Waals surface area contributed by atoms with E-state index in [-0.39, 0.29) is 11.7 Å². The average Bonchev–Trinajstić information content (AvgIpc) is 2.38. The Morgan fingerprint density at radius 3 is 2.28 bits per heavy atom. The van der Waals surface area contributed by atoms with Crippen molar-refractivity contribution in [3.63, 3.8) is 0 Å². The summed E-state index contributed by atoms with van der Waals surface area (Å²) >= 11 is 0. The van der Waals surface area contributed by atoms with Crippen molar-refractivity contribution in [3.8, 4) is 5.75 Å². The number of benzene rings is 1. The van der Waals surface area contributed by atoms with Crippen LogP contribution in [0.5, 0.6) is 5.75 Å². The molecule has 4 heteroatoms. The van der Waals surface area contributed by atoms with Crippen LogP contribution in [-0.2, 0) is 4.79 Å². The Balaban J connectivity index is 2.45. The van der Waals surface area contributed by atoms with Crippen molar-refractivity contribution in [2.45, 2.75) is 19.8 Å². The molecule has 4 nitrogen and oxygen atoms in total. The Kier molecular flexibility index (Phi) is 5.36. The summed E-state index contributed by atoms with van der Waals surface area (Å²) in [7, 11) is 3.43. The highest BCUT2D eigenvalue weighted by atomic mass is 16.5. The SMILES string of the molecule is CCC(=O)c1ccc(OCCC(=O)N(C)C)cc1. The van der Waals surface area contributed by atoms with Crippen molar-refractivity contribution >= 4 is 11.7 Å². The number of ether oxygens (including phenoxy) is 1. The molecular weight excluding hydrogens is 230 g/mol. The smallest absolute Gasteiger partial charge is 0.225 e. The molecule has 1 aromatic rings. The summed E-state index contributed by atoms with van der Waals surface area (Å²) in [6, 6.07) is 7.00. The molecule has 0 radical (unpaired) electrons. The second-order valence-electron chi connectivity index (χ2n) is 4.19. The maximum absolute atomic E-state index is 11.4. The number of carbonyl (C=O) groups excluding carboxylic acids is 2. The van der Waals surface area contributed by atoms with E-state index in [2.05, 4.69) is 0 Å². The quantitative estimate of drug-likeness (QED) is 0.726. The van der Waals surface area contributed by atoms with Gasteiger partial charge in [-0.15, -0.1) is 0 Å². The fourth-order valence-corrected chi connectivity index (χ4v) is 1.42. The van der Waals surface area contributed by atoms with Crippen LogP contribution < -0.4 is 4.74 Å². The summed E-state index contributed by atoms with van der Waals surface area (Å²) < 4.78 is 5.44. The van der Waals surface area contributed by atoms with Crippen molar-refractivity contribution in [3.05, 3.63) is 29.8 Å². The number of amides is 1. The molecule has 0 spiro atoms. The first-order chi connectivity index (χ1) is 8.54. The van der Waals surface area contributed by atoms with E-state index < -0.39 is 0 Å². The number of carbonyl (C=O) groups is 2. The molecule has 0 bridgehead atoms. The summed E-state index contributed by atoms with van der Waals surface area (Å²) in [6.45, 7) is 2.18. The number of rotatable bonds is 6. The van der Waals surface area contributed by atoms with E-state index in [1.807, 2.05) is 6.92 Å². The van der Waals surface area contributed by atoms with Crippen LogP contribution >= 0.6 is 0 Å². The van der Waals surface area contributed by atoms with Gasteiger partial charge in [-0.3, -0.25) is 9.59 Å². The van der Waals surface area contributed by atoms with E-state index >= 15 is 0 Å². The van der Waals surface area contributed by atoms with Gasteiger partial charge in [-0.25, -0.2) is 0 Å². The van der Waals surface area contributed by atoms with Crippen LogP contribution in [0.15, 0.2) is 24.3 Å². The molecule has 98 valence electrons. The van der Waals surface area contributed by atoms with Crippen molar-refractivity contribution in [1.82, 2.24) is 4.90 Å². The van der Waals surface area contributed by atoms with Gasteiger partial charge < -0.3 is 9.64 Å². The maximum atomic E-state index is 11.4. The normalized spacial score (nSPS) is 9.94. The highest BCUT2D eigenvalue weighted by Gasteiger charge is 2.05. The van der Waals surface area contributed by atoms with Gasteiger partial charge in [-0.05, 0) is 24.3 Å². The third-order valence-electron chi connectivity index (χ3n) is 2.58. The van der Waals surface area contributed by atoms with E-state index in [1.165, 1.54) is 4.90 Å². The van der Waals surface area contributed by atoms with Gasteiger partial charge in [0.1, 0.15) is 5.75 Å². The predicted molar refractivity (Wildman–Crippen MR) is 69.9 cm³/mol. The van der Waals surface area contributed by atoms with Crippen LogP contribution in [-0.4, -0.2) is 37.3 Å². The molecule has 0 heterocycles. The molecule has 0 fully saturated rings. The van der Waals surface area contributed by atoms with Gasteiger partial charge in [0.25, 0.3) is 0 Å². The average molecular weight is 249 g/mol. The Labute approximate surface area is 108 Å². The lowest BCUT2D eigenvalue weighted by Crippen LogP contribution is -2.23. The van der Waals surface area contributed by atoms with Crippen LogP contribution in [0.2, 0.25) is 0 Å². The zero-order chi connectivity index (χ0) is 13.5. The van der Waals surface area contributed by atoms with Crippen LogP contribution in [0.25, 0.3) is 0 Å². The standard InChI is InChI=1S/C14H19NO3/c1-4-13(16)11-5-7-12(8-6-11)18-10-9-14(17)15(2)3/h5-8H,4,9-10H2,1-3H3. The second kappa shape index (κ2) is 6.79. The fourth-order valence-electron chi connectivity index (χ4n) is 1.42. The fraction of sp³-hybridized carbons (Fsp3) is 0.429. The van der Waals surface area contributed by atoms with Crippen molar-refractivity contribution < 1.29 is 14.3 Å². The Morgan fingerprint density at radius 2 is 1.78 bits per heavy atom. The summed E-state index contributed by atoms with van der Waals surface area (Å²) in [5, 5.41) is 0. The number of nitrogens with zero attached hydrogens (tertiary/aromatic N) is 1.